The van der Waals surface area contributed by atoms with Gasteiger partial charge in [0.2, 0.25) is 0 Å². The van der Waals surface area contributed by atoms with Crippen LogP contribution in [0.15, 0.2) is 41.1 Å². The lowest BCUT2D eigenvalue weighted by atomic mass is 10.1. The summed E-state index contributed by atoms with van der Waals surface area (Å²) in [4.78, 5) is 6.91. The molecule has 0 spiro atoms. The molecule has 78 valence electrons. The van der Waals surface area contributed by atoms with Gasteiger partial charge in [-0.3, -0.25) is 0 Å². The Hall–Kier alpha value is -1.13. The fourth-order valence-corrected chi connectivity index (χ4v) is 1.66. The van der Waals surface area contributed by atoms with E-state index in [1.807, 2.05) is 24.3 Å². The highest BCUT2D eigenvalue weighted by Crippen LogP contribution is 2.17. The highest BCUT2D eigenvalue weighted by molar-refractivity contribution is 9.10. The van der Waals surface area contributed by atoms with Crippen LogP contribution in [0.2, 0.25) is 0 Å². The third-order valence-electron chi connectivity index (χ3n) is 2.18. The number of hydrogen-bond acceptors (Lipinski definition) is 2. The number of aromatic amines is 1. The minimum absolute atomic E-state index is 0.568. The molecule has 2 aromatic rings. The Morgan fingerprint density at radius 2 is 2.07 bits per heavy atom. The highest BCUT2D eigenvalue weighted by atomic mass is 79.9. The van der Waals surface area contributed by atoms with E-state index in [-0.39, 0.29) is 0 Å². The Morgan fingerprint density at radius 1 is 1.33 bits per heavy atom. The molecule has 3 nitrogen and oxygen atoms in total. The van der Waals surface area contributed by atoms with E-state index in [0.29, 0.717) is 12.2 Å². The molecule has 0 aliphatic heterocycles. The summed E-state index contributed by atoms with van der Waals surface area (Å²) in [7, 11) is 0. The van der Waals surface area contributed by atoms with Gasteiger partial charge in [-0.2, -0.15) is 0 Å². The van der Waals surface area contributed by atoms with Crippen LogP contribution in [-0.2, 0) is 6.42 Å². The van der Waals surface area contributed by atoms with Crippen molar-refractivity contribution in [2.75, 3.05) is 0 Å². The third-order valence-corrected chi connectivity index (χ3v) is 2.71. The molecule has 0 saturated heterocycles. The van der Waals surface area contributed by atoms with Crippen LogP contribution in [0.3, 0.4) is 0 Å². The van der Waals surface area contributed by atoms with Crippen LogP contribution in [0.1, 0.15) is 17.5 Å². The van der Waals surface area contributed by atoms with E-state index >= 15 is 0 Å². The molecule has 0 aliphatic rings. The van der Waals surface area contributed by atoms with E-state index in [0.717, 1.165) is 10.0 Å². The zero-order valence-corrected chi connectivity index (χ0v) is 9.61. The quantitative estimate of drug-likeness (QED) is 0.897. The number of benzene rings is 1. The van der Waals surface area contributed by atoms with Crippen LogP contribution >= 0.6 is 15.9 Å². The minimum atomic E-state index is -0.568. The van der Waals surface area contributed by atoms with Crippen LogP contribution in [0.4, 0.5) is 0 Å². The molecular weight excluding hydrogens is 256 g/mol. The summed E-state index contributed by atoms with van der Waals surface area (Å²) in [5, 5.41) is 9.83. The normalized spacial score (nSPS) is 12.7. The third kappa shape index (κ3) is 2.67. The molecule has 1 aromatic heterocycles. The van der Waals surface area contributed by atoms with Crippen molar-refractivity contribution >= 4 is 15.9 Å². The predicted octanol–water partition coefficient (Wildman–Crippen LogP) is 2.45. The van der Waals surface area contributed by atoms with Crippen molar-refractivity contribution in [3.05, 3.63) is 52.5 Å². The molecule has 2 N–H and O–H groups in total. The molecule has 4 heteroatoms. The van der Waals surface area contributed by atoms with Gasteiger partial charge in [0.25, 0.3) is 0 Å². The zero-order chi connectivity index (χ0) is 10.7. The second kappa shape index (κ2) is 4.59. The number of aromatic nitrogens is 2. The lowest BCUT2D eigenvalue weighted by molar-refractivity contribution is 0.169. The van der Waals surface area contributed by atoms with E-state index in [1.165, 1.54) is 0 Å². The monoisotopic (exact) mass is 266 g/mol. The van der Waals surface area contributed by atoms with Crippen LogP contribution in [0.5, 0.6) is 0 Å². The van der Waals surface area contributed by atoms with E-state index in [9.17, 15) is 5.11 Å². The van der Waals surface area contributed by atoms with Crippen molar-refractivity contribution in [1.29, 1.82) is 0 Å². The maximum Gasteiger partial charge on any atom is 0.135 e. The molecular formula is C11H11BrN2O. The topological polar surface area (TPSA) is 48.9 Å². The first kappa shape index (κ1) is 10.4. The van der Waals surface area contributed by atoms with Gasteiger partial charge >= 0.3 is 0 Å². The van der Waals surface area contributed by atoms with Crippen molar-refractivity contribution < 1.29 is 5.11 Å². The smallest absolute Gasteiger partial charge is 0.135 e. The summed E-state index contributed by atoms with van der Waals surface area (Å²) in [6.07, 6.45) is 3.35. The van der Waals surface area contributed by atoms with Crippen molar-refractivity contribution in [2.24, 2.45) is 0 Å². The Labute approximate surface area is 96.3 Å². The molecule has 0 aliphatic carbocycles. The fraction of sp³-hybridized carbons (Fsp3) is 0.182. The van der Waals surface area contributed by atoms with E-state index in [4.69, 9.17) is 0 Å². The minimum Gasteiger partial charge on any atom is -0.385 e. The summed E-state index contributed by atoms with van der Waals surface area (Å²) >= 11 is 3.37. The van der Waals surface area contributed by atoms with Crippen molar-refractivity contribution in [1.82, 2.24) is 9.97 Å². The predicted molar refractivity (Wildman–Crippen MR) is 61.4 cm³/mol. The average molecular weight is 267 g/mol. The number of hydrogen-bond donors (Lipinski definition) is 2. The van der Waals surface area contributed by atoms with E-state index in [2.05, 4.69) is 25.9 Å². The van der Waals surface area contributed by atoms with Crippen molar-refractivity contribution in [2.45, 2.75) is 12.5 Å². The summed E-state index contributed by atoms with van der Waals surface area (Å²) in [6.45, 7) is 0. The van der Waals surface area contributed by atoms with Gasteiger partial charge in [0.1, 0.15) is 11.9 Å². The molecule has 2 rings (SSSR count). The molecule has 1 atom stereocenters. The second-order valence-electron chi connectivity index (χ2n) is 3.32. The number of imidazole rings is 1. The molecule has 15 heavy (non-hydrogen) atoms. The van der Waals surface area contributed by atoms with Crippen LogP contribution in [0, 0.1) is 0 Å². The van der Waals surface area contributed by atoms with Crippen LogP contribution in [0.25, 0.3) is 0 Å². The second-order valence-corrected chi connectivity index (χ2v) is 4.24. The SMILES string of the molecule is OC(Cc1ccc(Br)cc1)c1ncc[nH]1. The number of rotatable bonds is 3. The summed E-state index contributed by atoms with van der Waals surface area (Å²) in [5.41, 5.74) is 1.09. The average Bonchev–Trinajstić information content (AvgIpc) is 2.74. The molecule has 0 amide bonds. The van der Waals surface area contributed by atoms with Gasteiger partial charge in [-0.05, 0) is 17.7 Å². The van der Waals surface area contributed by atoms with Crippen LogP contribution < -0.4 is 0 Å². The standard InChI is InChI=1S/C11H11BrN2O/c12-9-3-1-8(2-4-9)7-10(15)11-13-5-6-14-11/h1-6,10,15H,7H2,(H,13,14). The Morgan fingerprint density at radius 3 is 2.67 bits per heavy atom. The van der Waals surface area contributed by atoms with Crippen molar-refractivity contribution in [3.63, 3.8) is 0 Å². The number of halogens is 1. The van der Waals surface area contributed by atoms with Gasteiger partial charge in [-0.25, -0.2) is 4.98 Å². The van der Waals surface area contributed by atoms with Gasteiger partial charge in [-0.15, -0.1) is 0 Å². The number of aliphatic hydroxyl groups is 1. The zero-order valence-electron chi connectivity index (χ0n) is 8.02. The maximum absolute atomic E-state index is 9.83. The molecule has 1 unspecified atom stereocenters. The molecule has 1 aromatic carbocycles. The molecule has 0 bridgehead atoms. The summed E-state index contributed by atoms with van der Waals surface area (Å²) in [5.74, 6) is 0.609. The largest absolute Gasteiger partial charge is 0.385 e. The van der Waals surface area contributed by atoms with Crippen molar-refractivity contribution in [3.8, 4) is 0 Å². The fourth-order valence-electron chi connectivity index (χ4n) is 1.40. The van der Waals surface area contributed by atoms with Gasteiger partial charge < -0.3 is 10.1 Å². The number of H-pyrrole nitrogens is 1. The molecule has 0 saturated carbocycles. The first-order valence-electron chi connectivity index (χ1n) is 4.67. The molecule has 0 fully saturated rings. The Balaban J connectivity index is 2.06. The summed E-state index contributed by atoms with van der Waals surface area (Å²) < 4.78 is 1.04. The lowest BCUT2D eigenvalue weighted by Crippen LogP contribution is -2.03. The van der Waals surface area contributed by atoms with Crippen LogP contribution in [-0.4, -0.2) is 15.1 Å². The number of aliphatic hydroxyl groups excluding tert-OH is 1. The van der Waals surface area contributed by atoms with Gasteiger partial charge in [0.15, 0.2) is 0 Å². The maximum atomic E-state index is 9.83. The first-order valence-corrected chi connectivity index (χ1v) is 5.47. The van der Waals surface area contributed by atoms with Gasteiger partial charge in [0.05, 0.1) is 0 Å². The van der Waals surface area contributed by atoms with E-state index < -0.39 is 6.10 Å². The number of nitrogens with one attached hydrogen (secondary N) is 1. The number of nitrogens with zero attached hydrogens (tertiary/aromatic N) is 1. The first-order chi connectivity index (χ1) is 7.25. The molecule has 1 heterocycles. The summed E-state index contributed by atoms with van der Waals surface area (Å²) in [6, 6.07) is 7.89. The Kier molecular flexibility index (Phi) is 3.18. The Bertz CT molecular complexity index is 411. The highest BCUT2D eigenvalue weighted by Gasteiger charge is 2.10. The van der Waals surface area contributed by atoms with Gasteiger partial charge in [-0.1, -0.05) is 28.1 Å². The molecule has 0 radical (unpaired) electrons. The van der Waals surface area contributed by atoms with Gasteiger partial charge in [0, 0.05) is 23.3 Å². The van der Waals surface area contributed by atoms with E-state index in [1.54, 1.807) is 12.4 Å². The lowest BCUT2D eigenvalue weighted by Gasteiger charge is -2.07.